The van der Waals surface area contributed by atoms with Crippen molar-refractivity contribution >= 4 is 39.1 Å². The Balaban J connectivity index is 1.47. The number of carbonyl (C=O) groups excluding carboxylic acids is 1. The van der Waals surface area contributed by atoms with Gasteiger partial charge in [-0.15, -0.1) is 0 Å². The monoisotopic (exact) mass is 538 g/mol. The van der Waals surface area contributed by atoms with Gasteiger partial charge in [-0.2, -0.15) is 0 Å². The van der Waals surface area contributed by atoms with Gasteiger partial charge in [0.1, 0.15) is 11.4 Å². The van der Waals surface area contributed by atoms with Gasteiger partial charge in [0.05, 0.1) is 17.7 Å². The van der Waals surface area contributed by atoms with Crippen molar-refractivity contribution in [2.24, 2.45) is 5.92 Å². The lowest BCUT2D eigenvalue weighted by Crippen LogP contribution is -2.49. The Kier molecular flexibility index (Phi) is 8.01. The lowest BCUT2D eigenvalue weighted by Gasteiger charge is -2.42. The number of halogens is 2. The minimum absolute atomic E-state index is 0.114. The Hall–Kier alpha value is -1.80. The molecule has 0 aliphatic carbocycles. The van der Waals surface area contributed by atoms with E-state index in [9.17, 15) is 13.2 Å². The molecule has 1 fully saturated rings. The van der Waals surface area contributed by atoms with Crippen LogP contribution in [0.25, 0.3) is 0 Å². The van der Waals surface area contributed by atoms with Crippen LogP contribution in [0.5, 0.6) is 5.75 Å². The summed E-state index contributed by atoms with van der Waals surface area (Å²) in [6.07, 6.45) is 3.65. The lowest BCUT2D eigenvalue weighted by atomic mass is 9.83. The second-order valence-corrected chi connectivity index (χ2v) is 12.3. The first-order chi connectivity index (χ1) is 16.7. The molecule has 0 aromatic heterocycles. The van der Waals surface area contributed by atoms with Gasteiger partial charge in [-0.05, 0) is 49.4 Å². The Labute approximate surface area is 218 Å². The summed E-state index contributed by atoms with van der Waals surface area (Å²) in [4.78, 5) is 13.4. The molecule has 0 bridgehead atoms. The van der Waals surface area contributed by atoms with Crippen LogP contribution < -0.4 is 10.1 Å². The molecule has 4 rings (SSSR count). The van der Waals surface area contributed by atoms with Crippen LogP contribution in [0.3, 0.4) is 0 Å². The molecule has 6 nitrogen and oxygen atoms in total. The highest BCUT2D eigenvalue weighted by atomic mass is 35.5. The smallest absolute Gasteiger partial charge is 0.224 e. The van der Waals surface area contributed by atoms with Crippen molar-refractivity contribution in [1.29, 1.82) is 0 Å². The molecule has 2 aromatic rings. The van der Waals surface area contributed by atoms with E-state index in [1.165, 1.54) is 4.31 Å². The SMILES string of the molecule is CCC1(CC)C[C@H](NC(=O)[C@H]2CCCN(S(=O)(=O)Cc3ccc(Cl)cc3Cl)C2)c2ccccc2O1. The number of sulfonamides is 1. The second-order valence-electron chi connectivity index (χ2n) is 9.48. The number of ether oxygens (including phenoxy) is 1. The van der Waals surface area contributed by atoms with Crippen LogP contribution in [-0.2, 0) is 20.6 Å². The number of rotatable bonds is 7. The zero-order valence-electron chi connectivity index (χ0n) is 20.1. The molecule has 1 saturated heterocycles. The summed E-state index contributed by atoms with van der Waals surface area (Å²) in [7, 11) is -3.64. The molecule has 0 radical (unpaired) electrons. The topological polar surface area (TPSA) is 75.7 Å². The fourth-order valence-electron chi connectivity index (χ4n) is 5.06. The molecule has 1 N–H and O–H groups in total. The first-order valence-corrected chi connectivity index (χ1v) is 14.5. The molecular formula is C26H32Cl2N2O4S. The van der Waals surface area contributed by atoms with E-state index < -0.39 is 15.9 Å². The van der Waals surface area contributed by atoms with Crippen LogP contribution in [0, 0.1) is 5.92 Å². The predicted molar refractivity (Wildman–Crippen MR) is 139 cm³/mol. The van der Waals surface area contributed by atoms with Crippen molar-refractivity contribution in [3.8, 4) is 5.75 Å². The van der Waals surface area contributed by atoms with Gasteiger partial charge in [0.25, 0.3) is 0 Å². The molecule has 0 saturated carbocycles. The fourth-order valence-corrected chi connectivity index (χ4v) is 7.25. The number of benzene rings is 2. The minimum Gasteiger partial charge on any atom is -0.487 e. The summed E-state index contributed by atoms with van der Waals surface area (Å²) in [5.41, 5.74) is 1.14. The molecule has 0 spiro atoms. The van der Waals surface area contributed by atoms with Gasteiger partial charge in [-0.3, -0.25) is 4.79 Å². The van der Waals surface area contributed by atoms with E-state index >= 15 is 0 Å². The molecule has 9 heteroatoms. The van der Waals surface area contributed by atoms with Crippen molar-refractivity contribution in [2.45, 2.75) is 63.3 Å². The highest BCUT2D eigenvalue weighted by Crippen LogP contribution is 2.42. The van der Waals surface area contributed by atoms with Gasteiger partial charge in [-0.25, -0.2) is 12.7 Å². The van der Waals surface area contributed by atoms with Crippen LogP contribution in [-0.4, -0.2) is 37.3 Å². The number of nitrogens with zero attached hydrogens (tertiary/aromatic N) is 1. The van der Waals surface area contributed by atoms with E-state index in [1.807, 2.05) is 24.3 Å². The summed E-state index contributed by atoms with van der Waals surface area (Å²) < 4.78 is 34.1. The van der Waals surface area contributed by atoms with Gasteiger partial charge in [0.15, 0.2) is 0 Å². The van der Waals surface area contributed by atoms with E-state index in [0.717, 1.165) is 24.2 Å². The molecule has 0 unspecified atom stereocenters. The Morgan fingerprint density at radius 1 is 1.17 bits per heavy atom. The fraction of sp³-hybridized carbons (Fsp3) is 0.500. The molecule has 2 aliphatic rings. The van der Waals surface area contributed by atoms with E-state index in [2.05, 4.69) is 19.2 Å². The van der Waals surface area contributed by atoms with Gasteiger partial charge in [-0.1, -0.05) is 61.3 Å². The Morgan fingerprint density at radius 2 is 1.91 bits per heavy atom. The summed E-state index contributed by atoms with van der Waals surface area (Å²) in [6.45, 7) is 4.77. The number of carbonyl (C=O) groups is 1. The summed E-state index contributed by atoms with van der Waals surface area (Å²) in [5, 5.41) is 4.00. The number of nitrogens with one attached hydrogen (secondary N) is 1. The highest BCUT2D eigenvalue weighted by molar-refractivity contribution is 7.88. The summed E-state index contributed by atoms with van der Waals surface area (Å²) in [6, 6.07) is 12.5. The van der Waals surface area contributed by atoms with Crippen LogP contribution in [0.4, 0.5) is 0 Å². The van der Waals surface area contributed by atoms with Crippen LogP contribution in [0.15, 0.2) is 42.5 Å². The third kappa shape index (κ3) is 5.79. The predicted octanol–water partition coefficient (Wildman–Crippen LogP) is 5.73. The molecule has 2 aliphatic heterocycles. The average Bonchev–Trinajstić information content (AvgIpc) is 2.85. The minimum atomic E-state index is -3.64. The standard InChI is InChI=1S/C26H32Cl2N2O4S/c1-3-26(4-2)15-23(21-9-5-6-10-24(21)34-26)29-25(31)18-8-7-13-30(16-18)35(32,33)17-19-11-12-20(27)14-22(19)28/h5-6,9-12,14,18,23H,3-4,7-8,13,15-17H2,1-2H3,(H,29,31)/t18-,23-/m0/s1. The van der Waals surface area contributed by atoms with Crippen molar-refractivity contribution in [3.05, 3.63) is 63.6 Å². The molecule has 190 valence electrons. The summed E-state index contributed by atoms with van der Waals surface area (Å²) in [5.74, 6) is 0.0600. The molecule has 2 heterocycles. The Bertz CT molecular complexity index is 1180. The summed E-state index contributed by atoms with van der Waals surface area (Å²) >= 11 is 12.2. The first kappa shape index (κ1) is 26.3. The van der Waals surface area contributed by atoms with Gasteiger partial charge >= 0.3 is 0 Å². The molecule has 1 amide bonds. The van der Waals surface area contributed by atoms with Crippen LogP contribution in [0.1, 0.15) is 63.1 Å². The van der Waals surface area contributed by atoms with Crippen LogP contribution in [0.2, 0.25) is 10.0 Å². The number of hydrogen-bond donors (Lipinski definition) is 1. The lowest BCUT2D eigenvalue weighted by molar-refractivity contribution is -0.127. The van der Waals surface area contributed by atoms with Gasteiger partial charge < -0.3 is 10.1 Å². The zero-order chi connectivity index (χ0) is 25.2. The highest BCUT2D eigenvalue weighted by Gasteiger charge is 2.40. The van der Waals surface area contributed by atoms with Crippen molar-refractivity contribution in [1.82, 2.24) is 9.62 Å². The number of amides is 1. The van der Waals surface area contributed by atoms with E-state index in [0.29, 0.717) is 41.4 Å². The van der Waals surface area contributed by atoms with Gasteiger partial charge in [0, 0.05) is 35.1 Å². The normalized spacial score (nSPS) is 22.2. The second kappa shape index (κ2) is 10.7. The number of hydrogen-bond acceptors (Lipinski definition) is 4. The number of fused-ring (bicyclic) bond motifs is 1. The van der Waals surface area contributed by atoms with E-state index in [1.54, 1.807) is 18.2 Å². The maximum Gasteiger partial charge on any atom is 0.224 e. The number of para-hydroxylation sites is 1. The molecule has 2 atom stereocenters. The van der Waals surface area contributed by atoms with E-state index in [-0.39, 0.29) is 29.8 Å². The largest absolute Gasteiger partial charge is 0.487 e. The Morgan fingerprint density at radius 3 is 2.63 bits per heavy atom. The van der Waals surface area contributed by atoms with Crippen LogP contribution >= 0.6 is 23.2 Å². The van der Waals surface area contributed by atoms with Crippen molar-refractivity contribution in [2.75, 3.05) is 13.1 Å². The molecule has 35 heavy (non-hydrogen) atoms. The third-order valence-corrected chi connectivity index (χ3v) is 9.68. The molecular weight excluding hydrogens is 507 g/mol. The quantitative estimate of drug-likeness (QED) is 0.488. The number of piperidine rings is 1. The maximum atomic E-state index is 13.4. The first-order valence-electron chi connectivity index (χ1n) is 12.2. The maximum absolute atomic E-state index is 13.4. The van der Waals surface area contributed by atoms with Gasteiger partial charge in [0.2, 0.25) is 15.9 Å². The van der Waals surface area contributed by atoms with E-state index in [4.69, 9.17) is 27.9 Å². The van der Waals surface area contributed by atoms with Crippen molar-refractivity contribution < 1.29 is 17.9 Å². The third-order valence-electron chi connectivity index (χ3n) is 7.30. The van der Waals surface area contributed by atoms with Crippen molar-refractivity contribution in [3.63, 3.8) is 0 Å². The zero-order valence-corrected chi connectivity index (χ0v) is 22.4. The average molecular weight is 540 g/mol. The molecule has 2 aromatic carbocycles.